The second-order valence-corrected chi connectivity index (χ2v) is 5.15. The minimum atomic E-state index is -0.256. The van der Waals surface area contributed by atoms with Gasteiger partial charge in [-0.1, -0.05) is 24.3 Å². The van der Waals surface area contributed by atoms with Gasteiger partial charge in [0.05, 0.1) is 6.04 Å². The molecule has 0 bridgehead atoms. The van der Waals surface area contributed by atoms with Crippen molar-refractivity contribution in [2.45, 2.75) is 25.6 Å². The Labute approximate surface area is 118 Å². The summed E-state index contributed by atoms with van der Waals surface area (Å²) in [5, 5.41) is 0. The van der Waals surface area contributed by atoms with Crippen LogP contribution in [0.1, 0.15) is 16.7 Å². The summed E-state index contributed by atoms with van der Waals surface area (Å²) in [5.74, 6) is -0.256. The Morgan fingerprint density at radius 2 is 1.90 bits per heavy atom. The van der Waals surface area contributed by atoms with Crippen molar-refractivity contribution in [3.8, 4) is 0 Å². The Morgan fingerprint density at radius 3 is 2.60 bits per heavy atom. The van der Waals surface area contributed by atoms with Crippen LogP contribution in [-0.4, -0.2) is 21.8 Å². The van der Waals surface area contributed by atoms with E-state index in [0.29, 0.717) is 13.0 Å². The van der Waals surface area contributed by atoms with E-state index in [0.717, 1.165) is 12.1 Å². The number of fused-ring (bicyclic) bond motifs is 1. The molecule has 20 heavy (non-hydrogen) atoms. The molecule has 102 valence electrons. The molecule has 0 saturated carbocycles. The first-order valence-corrected chi connectivity index (χ1v) is 6.73. The van der Waals surface area contributed by atoms with Gasteiger partial charge in [0.25, 0.3) is 0 Å². The van der Waals surface area contributed by atoms with Crippen LogP contribution in [0, 0.1) is 0 Å². The average molecular weight is 267 g/mol. The van der Waals surface area contributed by atoms with E-state index >= 15 is 0 Å². The van der Waals surface area contributed by atoms with Gasteiger partial charge < -0.3 is 5.73 Å². The van der Waals surface area contributed by atoms with Gasteiger partial charge in [-0.2, -0.15) is 0 Å². The topological polar surface area (TPSA) is 59.2 Å². The predicted octanol–water partition coefficient (Wildman–Crippen LogP) is 1.49. The molecule has 4 nitrogen and oxygen atoms in total. The van der Waals surface area contributed by atoms with E-state index in [2.05, 4.69) is 22.0 Å². The first-order chi connectivity index (χ1) is 9.74. The van der Waals surface area contributed by atoms with Crippen molar-refractivity contribution < 1.29 is 4.79 Å². The molecule has 0 spiro atoms. The number of hydrogen-bond donors (Lipinski definition) is 1. The molecule has 1 aromatic heterocycles. The van der Waals surface area contributed by atoms with Gasteiger partial charge in [-0.3, -0.25) is 14.7 Å². The molecule has 1 amide bonds. The fourth-order valence-electron chi connectivity index (χ4n) is 2.75. The smallest absolute Gasteiger partial charge is 0.235 e. The van der Waals surface area contributed by atoms with Gasteiger partial charge in [0.1, 0.15) is 0 Å². The number of pyridine rings is 1. The van der Waals surface area contributed by atoms with Crippen molar-refractivity contribution in [1.82, 2.24) is 9.88 Å². The lowest BCUT2D eigenvalue weighted by Crippen LogP contribution is -2.48. The van der Waals surface area contributed by atoms with Crippen LogP contribution in [0.4, 0.5) is 0 Å². The van der Waals surface area contributed by atoms with Gasteiger partial charge in [0.2, 0.25) is 5.91 Å². The SMILES string of the molecule is NC(=O)[C@H]1Cc2ccccc2CN1Cc1ccncc1. The van der Waals surface area contributed by atoms with Crippen LogP contribution < -0.4 is 5.73 Å². The maximum atomic E-state index is 11.7. The predicted molar refractivity (Wildman–Crippen MR) is 76.6 cm³/mol. The third-order valence-electron chi connectivity index (χ3n) is 3.81. The molecule has 1 atom stereocenters. The van der Waals surface area contributed by atoms with Crippen molar-refractivity contribution in [3.63, 3.8) is 0 Å². The quantitative estimate of drug-likeness (QED) is 0.916. The van der Waals surface area contributed by atoms with Crippen molar-refractivity contribution in [2.75, 3.05) is 0 Å². The highest BCUT2D eigenvalue weighted by molar-refractivity contribution is 5.80. The van der Waals surface area contributed by atoms with E-state index in [-0.39, 0.29) is 11.9 Å². The number of nitrogens with two attached hydrogens (primary N) is 1. The third-order valence-corrected chi connectivity index (χ3v) is 3.81. The van der Waals surface area contributed by atoms with Crippen LogP contribution in [0.15, 0.2) is 48.8 Å². The van der Waals surface area contributed by atoms with Crippen LogP contribution in [0.5, 0.6) is 0 Å². The highest BCUT2D eigenvalue weighted by Crippen LogP contribution is 2.24. The van der Waals surface area contributed by atoms with E-state index in [4.69, 9.17) is 5.73 Å². The molecule has 0 saturated heterocycles. The Hall–Kier alpha value is -2.20. The maximum Gasteiger partial charge on any atom is 0.235 e. The number of nitrogens with zero attached hydrogens (tertiary/aromatic N) is 2. The van der Waals surface area contributed by atoms with Crippen LogP contribution in [0.3, 0.4) is 0 Å². The first-order valence-electron chi connectivity index (χ1n) is 6.73. The Bertz CT molecular complexity index is 612. The van der Waals surface area contributed by atoms with Crippen molar-refractivity contribution in [2.24, 2.45) is 5.73 Å². The maximum absolute atomic E-state index is 11.7. The summed E-state index contributed by atoms with van der Waals surface area (Å²) in [6, 6.07) is 11.9. The van der Waals surface area contributed by atoms with Crippen LogP contribution in [-0.2, 0) is 24.3 Å². The number of carbonyl (C=O) groups is 1. The second kappa shape index (κ2) is 5.43. The third kappa shape index (κ3) is 2.56. The normalized spacial score (nSPS) is 18.5. The molecular formula is C16H17N3O. The fraction of sp³-hybridized carbons (Fsp3) is 0.250. The van der Waals surface area contributed by atoms with Gasteiger partial charge in [-0.05, 0) is 35.2 Å². The summed E-state index contributed by atoms with van der Waals surface area (Å²) >= 11 is 0. The second-order valence-electron chi connectivity index (χ2n) is 5.15. The summed E-state index contributed by atoms with van der Waals surface area (Å²) in [6.07, 6.45) is 4.23. The number of amides is 1. The van der Waals surface area contributed by atoms with Gasteiger partial charge in [-0.15, -0.1) is 0 Å². The highest BCUT2D eigenvalue weighted by atomic mass is 16.1. The standard InChI is InChI=1S/C16H17N3O/c17-16(20)15-9-13-3-1-2-4-14(13)11-19(15)10-12-5-7-18-8-6-12/h1-8,15H,9-11H2,(H2,17,20)/t15-/m1/s1. The molecule has 2 aromatic rings. The molecule has 2 heterocycles. The summed E-state index contributed by atoms with van der Waals surface area (Å²) in [4.78, 5) is 17.9. The zero-order valence-corrected chi connectivity index (χ0v) is 11.2. The number of aromatic nitrogens is 1. The Kier molecular flexibility index (Phi) is 3.48. The lowest BCUT2D eigenvalue weighted by molar-refractivity contribution is -0.124. The molecule has 0 unspecified atom stereocenters. The molecular weight excluding hydrogens is 250 g/mol. The molecule has 3 rings (SSSR count). The van der Waals surface area contributed by atoms with Crippen LogP contribution in [0.2, 0.25) is 0 Å². The van der Waals surface area contributed by atoms with Gasteiger partial charge in [0.15, 0.2) is 0 Å². The Balaban J connectivity index is 1.87. The van der Waals surface area contributed by atoms with E-state index in [1.54, 1.807) is 12.4 Å². The molecule has 1 aliphatic rings. The number of primary amides is 1. The van der Waals surface area contributed by atoms with E-state index < -0.39 is 0 Å². The summed E-state index contributed by atoms with van der Waals surface area (Å²) in [6.45, 7) is 1.47. The number of benzene rings is 1. The van der Waals surface area contributed by atoms with E-state index in [1.165, 1.54) is 11.1 Å². The van der Waals surface area contributed by atoms with Crippen molar-refractivity contribution >= 4 is 5.91 Å². The molecule has 2 N–H and O–H groups in total. The first kappa shape index (κ1) is 12.8. The van der Waals surface area contributed by atoms with Gasteiger partial charge >= 0.3 is 0 Å². The van der Waals surface area contributed by atoms with E-state index in [1.807, 2.05) is 24.3 Å². The highest BCUT2D eigenvalue weighted by Gasteiger charge is 2.29. The average Bonchev–Trinajstić information content (AvgIpc) is 2.47. The molecule has 0 radical (unpaired) electrons. The van der Waals surface area contributed by atoms with E-state index in [9.17, 15) is 4.79 Å². The van der Waals surface area contributed by atoms with Crippen molar-refractivity contribution in [3.05, 3.63) is 65.5 Å². The summed E-state index contributed by atoms with van der Waals surface area (Å²) in [5.41, 5.74) is 9.22. The number of rotatable bonds is 3. The van der Waals surface area contributed by atoms with Crippen LogP contribution >= 0.6 is 0 Å². The fourth-order valence-corrected chi connectivity index (χ4v) is 2.75. The molecule has 0 fully saturated rings. The zero-order chi connectivity index (χ0) is 13.9. The molecule has 0 aliphatic carbocycles. The Morgan fingerprint density at radius 1 is 1.20 bits per heavy atom. The zero-order valence-electron chi connectivity index (χ0n) is 11.2. The molecule has 1 aromatic carbocycles. The number of carbonyl (C=O) groups excluding carboxylic acids is 1. The summed E-state index contributed by atoms with van der Waals surface area (Å²) < 4.78 is 0. The van der Waals surface area contributed by atoms with Crippen LogP contribution in [0.25, 0.3) is 0 Å². The lowest BCUT2D eigenvalue weighted by Gasteiger charge is -2.35. The van der Waals surface area contributed by atoms with Crippen molar-refractivity contribution in [1.29, 1.82) is 0 Å². The molecule has 4 heteroatoms. The van der Waals surface area contributed by atoms with Gasteiger partial charge in [-0.25, -0.2) is 0 Å². The lowest BCUT2D eigenvalue weighted by atomic mass is 9.93. The number of hydrogen-bond acceptors (Lipinski definition) is 3. The minimum Gasteiger partial charge on any atom is -0.368 e. The monoisotopic (exact) mass is 267 g/mol. The van der Waals surface area contributed by atoms with Gasteiger partial charge in [0, 0.05) is 25.5 Å². The minimum absolute atomic E-state index is 0.238. The molecule has 1 aliphatic heterocycles. The largest absolute Gasteiger partial charge is 0.368 e. The summed E-state index contributed by atoms with van der Waals surface area (Å²) in [7, 11) is 0.